The quantitative estimate of drug-likeness (QED) is 0.899. The van der Waals surface area contributed by atoms with Gasteiger partial charge in [0.2, 0.25) is 0 Å². The number of hydrogen-bond donors (Lipinski definition) is 1. The molecule has 2 aliphatic rings. The molecular weight excluding hydrogens is 236 g/mol. The predicted octanol–water partition coefficient (Wildman–Crippen LogP) is 1.72. The zero-order valence-corrected chi connectivity index (χ0v) is 11.8. The molecule has 0 bridgehead atoms. The fourth-order valence-electron chi connectivity index (χ4n) is 3.20. The highest BCUT2D eigenvalue weighted by atomic mass is 16.5. The van der Waals surface area contributed by atoms with Gasteiger partial charge in [0.25, 0.3) is 0 Å². The molecule has 3 nitrogen and oxygen atoms in total. The van der Waals surface area contributed by atoms with Crippen molar-refractivity contribution in [3.05, 3.63) is 34.9 Å². The Bertz CT molecular complexity index is 446. The third-order valence-electron chi connectivity index (χ3n) is 4.45. The fourth-order valence-corrected chi connectivity index (χ4v) is 3.20. The largest absolute Gasteiger partial charge is 0.374 e. The molecule has 0 aromatic heterocycles. The van der Waals surface area contributed by atoms with Gasteiger partial charge in [0, 0.05) is 25.7 Å². The van der Waals surface area contributed by atoms with Crippen molar-refractivity contribution in [3.63, 3.8) is 0 Å². The third-order valence-corrected chi connectivity index (χ3v) is 4.45. The molecule has 19 heavy (non-hydrogen) atoms. The highest BCUT2D eigenvalue weighted by Gasteiger charge is 2.25. The van der Waals surface area contributed by atoms with Gasteiger partial charge >= 0.3 is 0 Å². The van der Waals surface area contributed by atoms with Gasteiger partial charge in [-0.3, -0.25) is 4.90 Å². The Labute approximate surface area is 115 Å². The summed E-state index contributed by atoms with van der Waals surface area (Å²) < 4.78 is 5.71. The minimum absolute atomic E-state index is 0.200. The van der Waals surface area contributed by atoms with E-state index in [-0.39, 0.29) is 6.10 Å². The van der Waals surface area contributed by atoms with Crippen LogP contribution >= 0.6 is 0 Å². The van der Waals surface area contributed by atoms with Crippen LogP contribution in [0.1, 0.15) is 30.0 Å². The number of rotatable bonds is 3. The van der Waals surface area contributed by atoms with E-state index in [9.17, 15) is 0 Å². The zero-order chi connectivity index (χ0) is 13.2. The van der Waals surface area contributed by atoms with Crippen molar-refractivity contribution in [2.24, 2.45) is 5.73 Å². The first-order chi connectivity index (χ1) is 9.26. The molecule has 2 N–H and O–H groups in total. The first-order valence-electron chi connectivity index (χ1n) is 7.42. The van der Waals surface area contributed by atoms with Gasteiger partial charge in [-0.25, -0.2) is 0 Å². The molecule has 0 radical (unpaired) electrons. The lowest BCUT2D eigenvalue weighted by Gasteiger charge is -2.37. The maximum absolute atomic E-state index is 5.73. The van der Waals surface area contributed by atoms with Gasteiger partial charge in [-0.2, -0.15) is 0 Å². The lowest BCUT2D eigenvalue weighted by atomic mass is 10.0. The molecule has 104 valence electrons. The average molecular weight is 260 g/mol. The van der Waals surface area contributed by atoms with Crippen LogP contribution in [0.15, 0.2) is 18.2 Å². The molecule has 1 aromatic rings. The third kappa shape index (κ3) is 2.83. The molecule has 2 unspecified atom stereocenters. The summed E-state index contributed by atoms with van der Waals surface area (Å²) >= 11 is 0. The van der Waals surface area contributed by atoms with Crippen LogP contribution in [0, 0.1) is 0 Å². The van der Waals surface area contributed by atoms with Crippen LogP contribution in [0.2, 0.25) is 0 Å². The summed E-state index contributed by atoms with van der Waals surface area (Å²) in [5.74, 6) is 0. The molecule has 1 aromatic carbocycles. The minimum Gasteiger partial charge on any atom is -0.374 e. The molecule has 1 heterocycles. The molecular formula is C16H24N2O. The lowest BCUT2D eigenvalue weighted by molar-refractivity contribution is -0.0567. The normalized spacial score (nSPS) is 27.5. The van der Waals surface area contributed by atoms with Crippen molar-refractivity contribution in [2.45, 2.75) is 44.9 Å². The Morgan fingerprint density at radius 3 is 3.00 bits per heavy atom. The van der Waals surface area contributed by atoms with E-state index in [0.717, 1.165) is 19.7 Å². The molecule has 3 rings (SSSR count). The van der Waals surface area contributed by atoms with Gasteiger partial charge in [-0.1, -0.05) is 18.2 Å². The summed E-state index contributed by atoms with van der Waals surface area (Å²) in [4.78, 5) is 2.50. The van der Waals surface area contributed by atoms with Crippen LogP contribution < -0.4 is 5.73 Å². The van der Waals surface area contributed by atoms with Gasteiger partial charge in [0.15, 0.2) is 0 Å². The summed E-state index contributed by atoms with van der Waals surface area (Å²) in [6.07, 6.45) is 4.04. The predicted molar refractivity (Wildman–Crippen MR) is 77.1 cm³/mol. The lowest BCUT2D eigenvalue weighted by Crippen LogP contribution is -2.49. The maximum Gasteiger partial charge on any atom is 0.0824 e. The topological polar surface area (TPSA) is 38.5 Å². The van der Waals surface area contributed by atoms with Crippen molar-refractivity contribution in [3.8, 4) is 0 Å². The average Bonchev–Trinajstić information content (AvgIpc) is 2.89. The number of ether oxygens (including phenoxy) is 1. The van der Waals surface area contributed by atoms with Crippen LogP contribution in [0.3, 0.4) is 0 Å². The standard InChI is InChI=1S/C16H24N2O/c1-12-11-19-16(8-17)10-18(12)9-13-5-6-14-3-2-4-15(14)7-13/h5-7,12,16H,2-4,8-11,17H2,1H3. The molecule has 1 saturated heterocycles. The van der Waals surface area contributed by atoms with Gasteiger partial charge < -0.3 is 10.5 Å². The Hall–Kier alpha value is -0.900. The van der Waals surface area contributed by atoms with Gasteiger partial charge in [0.1, 0.15) is 0 Å². The van der Waals surface area contributed by atoms with Crippen molar-refractivity contribution in [1.29, 1.82) is 0 Å². The summed E-state index contributed by atoms with van der Waals surface area (Å²) in [6, 6.07) is 7.51. The SMILES string of the molecule is CC1COC(CN)CN1Cc1ccc2c(c1)CCC2. The van der Waals surface area contributed by atoms with E-state index in [4.69, 9.17) is 10.5 Å². The number of fused-ring (bicyclic) bond motifs is 1. The van der Waals surface area contributed by atoms with Crippen molar-refractivity contribution in [1.82, 2.24) is 4.90 Å². The molecule has 0 amide bonds. The maximum atomic E-state index is 5.73. The Kier molecular flexibility index (Phi) is 3.87. The monoisotopic (exact) mass is 260 g/mol. The molecule has 2 atom stereocenters. The number of aryl methyl sites for hydroxylation is 2. The highest BCUT2D eigenvalue weighted by molar-refractivity contribution is 5.35. The molecule has 1 aliphatic carbocycles. The van der Waals surface area contributed by atoms with Crippen LogP contribution in [0.4, 0.5) is 0 Å². The van der Waals surface area contributed by atoms with E-state index in [0.29, 0.717) is 12.6 Å². The molecule has 0 saturated carbocycles. The molecule has 1 fully saturated rings. The van der Waals surface area contributed by atoms with E-state index in [1.165, 1.54) is 24.8 Å². The van der Waals surface area contributed by atoms with Gasteiger partial charge in [-0.05, 0) is 42.9 Å². The van der Waals surface area contributed by atoms with Crippen LogP contribution in [0.5, 0.6) is 0 Å². The number of hydrogen-bond acceptors (Lipinski definition) is 3. The second kappa shape index (κ2) is 5.61. The summed E-state index contributed by atoms with van der Waals surface area (Å²) in [5, 5.41) is 0. The van der Waals surface area contributed by atoms with Gasteiger partial charge in [-0.15, -0.1) is 0 Å². The summed E-state index contributed by atoms with van der Waals surface area (Å²) in [5.41, 5.74) is 10.3. The van der Waals surface area contributed by atoms with Crippen LogP contribution in [-0.2, 0) is 24.1 Å². The number of morpholine rings is 1. The minimum atomic E-state index is 0.200. The van der Waals surface area contributed by atoms with Crippen molar-refractivity contribution in [2.75, 3.05) is 19.7 Å². The second-order valence-corrected chi connectivity index (χ2v) is 5.93. The van der Waals surface area contributed by atoms with Crippen molar-refractivity contribution >= 4 is 0 Å². The van der Waals surface area contributed by atoms with E-state index in [1.807, 2.05) is 0 Å². The zero-order valence-electron chi connectivity index (χ0n) is 11.8. The number of nitrogens with zero attached hydrogens (tertiary/aromatic N) is 1. The molecule has 1 aliphatic heterocycles. The Balaban J connectivity index is 1.69. The highest BCUT2D eigenvalue weighted by Crippen LogP contribution is 2.24. The summed E-state index contributed by atoms with van der Waals surface area (Å²) in [7, 11) is 0. The fraction of sp³-hybridized carbons (Fsp3) is 0.625. The first kappa shape index (κ1) is 13.1. The Morgan fingerprint density at radius 2 is 2.16 bits per heavy atom. The number of benzene rings is 1. The van der Waals surface area contributed by atoms with Crippen molar-refractivity contribution < 1.29 is 4.74 Å². The molecule has 3 heteroatoms. The summed E-state index contributed by atoms with van der Waals surface area (Å²) in [6.45, 7) is 5.63. The van der Waals surface area contributed by atoms with E-state index in [1.54, 1.807) is 11.1 Å². The van der Waals surface area contributed by atoms with E-state index >= 15 is 0 Å². The smallest absolute Gasteiger partial charge is 0.0824 e. The van der Waals surface area contributed by atoms with E-state index < -0.39 is 0 Å². The second-order valence-electron chi connectivity index (χ2n) is 5.93. The van der Waals surface area contributed by atoms with E-state index in [2.05, 4.69) is 30.0 Å². The van der Waals surface area contributed by atoms with Crippen LogP contribution in [-0.4, -0.2) is 36.7 Å². The van der Waals surface area contributed by atoms with Crippen LogP contribution in [0.25, 0.3) is 0 Å². The Morgan fingerprint density at radius 1 is 1.32 bits per heavy atom. The van der Waals surface area contributed by atoms with Gasteiger partial charge in [0.05, 0.1) is 12.7 Å². The number of nitrogens with two attached hydrogens (primary N) is 1. The first-order valence-corrected chi connectivity index (χ1v) is 7.42. The molecule has 0 spiro atoms.